The van der Waals surface area contributed by atoms with Gasteiger partial charge in [0.25, 0.3) is 5.56 Å². The Labute approximate surface area is 168 Å². The molecule has 4 aromatic rings. The summed E-state index contributed by atoms with van der Waals surface area (Å²) in [7, 11) is 0. The van der Waals surface area contributed by atoms with Crippen molar-refractivity contribution >= 4 is 40.4 Å². The van der Waals surface area contributed by atoms with Crippen molar-refractivity contribution in [2.75, 3.05) is 0 Å². The van der Waals surface area contributed by atoms with Crippen molar-refractivity contribution in [1.82, 2.24) is 14.6 Å². The predicted molar refractivity (Wildman–Crippen MR) is 106 cm³/mol. The molecule has 2 aromatic heterocycles. The third kappa shape index (κ3) is 2.88. The molecule has 0 radical (unpaired) electrons. The van der Waals surface area contributed by atoms with Gasteiger partial charge in [-0.25, -0.2) is 0 Å². The van der Waals surface area contributed by atoms with Gasteiger partial charge in [0.15, 0.2) is 5.65 Å². The lowest BCUT2D eigenvalue weighted by atomic mass is 10.1. The molecule has 0 bridgehead atoms. The highest BCUT2D eigenvalue weighted by Crippen LogP contribution is 2.33. The van der Waals surface area contributed by atoms with Crippen LogP contribution in [0.15, 0.2) is 53.5 Å². The predicted octanol–water partition coefficient (Wildman–Crippen LogP) is 5.19. The van der Waals surface area contributed by atoms with Gasteiger partial charge in [-0.2, -0.15) is 14.9 Å². The summed E-state index contributed by atoms with van der Waals surface area (Å²) in [4.78, 5) is 16.0. The van der Waals surface area contributed by atoms with Gasteiger partial charge in [0.2, 0.25) is 0 Å². The van der Waals surface area contributed by atoms with Crippen molar-refractivity contribution in [3.05, 3.63) is 79.6 Å². The van der Waals surface area contributed by atoms with Crippen LogP contribution in [-0.2, 0) is 0 Å². The number of halogens is 3. The number of nitriles is 1. The normalized spacial score (nSPS) is 10.9. The molecule has 132 valence electrons. The zero-order valence-corrected chi connectivity index (χ0v) is 15.8. The molecule has 0 saturated heterocycles. The van der Waals surface area contributed by atoms with E-state index in [2.05, 4.69) is 16.2 Å². The van der Waals surface area contributed by atoms with Crippen LogP contribution in [0.5, 0.6) is 0 Å². The molecule has 27 heavy (non-hydrogen) atoms. The minimum absolute atomic E-state index is 0.210. The summed E-state index contributed by atoms with van der Waals surface area (Å²) in [6, 6.07) is 13.9. The van der Waals surface area contributed by atoms with E-state index in [1.54, 1.807) is 42.5 Å². The molecule has 0 aliphatic carbocycles. The molecule has 0 aliphatic heterocycles. The number of benzene rings is 2. The zero-order valence-electron chi connectivity index (χ0n) is 13.5. The van der Waals surface area contributed by atoms with E-state index in [1.807, 2.05) is 0 Å². The van der Waals surface area contributed by atoms with E-state index in [1.165, 1.54) is 6.20 Å². The first-order valence-corrected chi connectivity index (χ1v) is 8.89. The first-order valence-electron chi connectivity index (χ1n) is 7.76. The van der Waals surface area contributed by atoms with Crippen molar-refractivity contribution < 1.29 is 0 Å². The van der Waals surface area contributed by atoms with Crippen LogP contribution in [0, 0.1) is 11.3 Å². The van der Waals surface area contributed by atoms with Gasteiger partial charge in [-0.3, -0.25) is 4.79 Å². The van der Waals surface area contributed by atoms with Gasteiger partial charge in [-0.1, -0.05) is 53.0 Å². The number of fused-ring (bicyclic) bond motifs is 1. The molecule has 0 unspecified atom stereocenters. The summed E-state index contributed by atoms with van der Waals surface area (Å²) in [6.45, 7) is 0. The molecule has 0 amide bonds. The highest BCUT2D eigenvalue weighted by Gasteiger charge is 2.20. The quantitative estimate of drug-likeness (QED) is 0.489. The van der Waals surface area contributed by atoms with Gasteiger partial charge < -0.3 is 4.98 Å². The Hall–Kier alpha value is -2.78. The third-order valence-electron chi connectivity index (χ3n) is 4.12. The average molecular weight is 416 g/mol. The fourth-order valence-corrected chi connectivity index (χ4v) is 3.60. The van der Waals surface area contributed by atoms with Gasteiger partial charge in [-0.15, -0.1) is 0 Å². The molecule has 0 spiro atoms. The van der Waals surface area contributed by atoms with Crippen LogP contribution in [0.4, 0.5) is 0 Å². The fourth-order valence-electron chi connectivity index (χ4n) is 2.86. The summed E-state index contributed by atoms with van der Waals surface area (Å²) in [5, 5.41) is 15.2. The van der Waals surface area contributed by atoms with E-state index in [9.17, 15) is 10.1 Å². The van der Waals surface area contributed by atoms with Crippen molar-refractivity contribution in [3.63, 3.8) is 0 Å². The van der Waals surface area contributed by atoms with Gasteiger partial charge in [0, 0.05) is 27.4 Å². The number of aromatic amines is 1. The Balaban J connectivity index is 2.02. The van der Waals surface area contributed by atoms with Crippen LogP contribution >= 0.6 is 34.8 Å². The molecular formula is C19H9Cl3N4O. The second-order valence-electron chi connectivity index (χ2n) is 5.71. The summed E-state index contributed by atoms with van der Waals surface area (Å²) >= 11 is 18.4. The molecule has 0 atom stereocenters. The van der Waals surface area contributed by atoms with Crippen LogP contribution in [-0.4, -0.2) is 14.6 Å². The van der Waals surface area contributed by atoms with Crippen molar-refractivity contribution in [3.8, 4) is 28.5 Å². The van der Waals surface area contributed by atoms with E-state index in [4.69, 9.17) is 34.8 Å². The summed E-state index contributed by atoms with van der Waals surface area (Å²) in [5.74, 6) is 0. The molecule has 2 heterocycles. The SMILES string of the molecule is N#Cc1c(-c2ccc(Cl)cc2Cl)nn2c(=O)c(-c3ccccc3Cl)c[nH]c12. The monoisotopic (exact) mass is 414 g/mol. The fraction of sp³-hybridized carbons (Fsp3) is 0. The Bertz CT molecular complexity index is 1300. The third-order valence-corrected chi connectivity index (χ3v) is 5.00. The highest BCUT2D eigenvalue weighted by molar-refractivity contribution is 6.36. The molecular weight excluding hydrogens is 407 g/mol. The second kappa shape index (κ2) is 6.75. The van der Waals surface area contributed by atoms with Gasteiger partial charge in [0.1, 0.15) is 17.3 Å². The van der Waals surface area contributed by atoms with Crippen LogP contribution < -0.4 is 5.56 Å². The topological polar surface area (TPSA) is 74.0 Å². The highest BCUT2D eigenvalue weighted by atomic mass is 35.5. The summed E-state index contributed by atoms with van der Waals surface area (Å²) < 4.78 is 1.15. The lowest BCUT2D eigenvalue weighted by Gasteiger charge is -2.03. The minimum atomic E-state index is -0.398. The summed E-state index contributed by atoms with van der Waals surface area (Å²) in [6.07, 6.45) is 1.52. The molecule has 0 aliphatic rings. The van der Waals surface area contributed by atoms with Crippen molar-refractivity contribution in [2.45, 2.75) is 0 Å². The van der Waals surface area contributed by atoms with Crippen molar-refractivity contribution in [2.24, 2.45) is 0 Å². The number of H-pyrrole nitrogens is 1. The van der Waals surface area contributed by atoms with Gasteiger partial charge >= 0.3 is 0 Å². The van der Waals surface area contributed by atoms with Crippen LogP contribution in [0.25, 0.3) is 28.0 Å². The van der Waals surface area contributed by atoms with E-state index >= 15 is 0 Å². The maximum absolute atomic E-state index is 13.0. The number of aromatic nitrogens is 3. The molecule has 8 heteroatoms. The largest absolute Gasteiger partial charge is 0.345 e. The summed E-state index contributed by atoms with van der Waals surface area (Å²) in [5.41, 5.74) is 1.81. The Morgan fingerprint density at radius 3 is 2.48 bits per heavy atom. The average Bonchev–Trinajstić information content (AvgIpc) is 3.02. The number of hydrogen-bond donors (Lipinski definition) is 1. The van der Waals surface area contributed by atoms with E-state index in [0.717, 1.165) is 4.52 Å². The van der Waals surface area contributed by atoms with Gasteiger partial charge in [0.05, 0.1) is 10.6 Å². The van der Waals surface area contributed by atoms with E-state index < -0.39 is 5.56 Å². The lowest BCUT2D eigenvalue weighted by Crippen LogP contribution is -2.17. The smallest absolute Gasteiger partial charge is 0.282 e. The van der Waals surface area contributed by atoms with E-state index in [0.29, 0.717) is 37.5 Å². The van der Waals surface area contributed by atoms with Gasteiger partial charge in [-0.05, 0) is 24.3 Å². The lowest BCUT2D eigenvalue weighted by molar-refractivity contribution is 0.905. The minimum Gasteiger partial charge on any atom is -0.345 e. The zero-order chi connectivity index (χ0) is 19.1. The van der Waals surface area contributed by atoms with E-state index in [-0.39, 0.29) is 11.2 Å². The second-order valence-corrected chi connectivity index (χ2v) is 6.96. The first-order chi connectivity index (χ1) is 13.0. The Kier molecular flexibility index (Phi) is 4.40. The molecule has 5 nitrogen and oxygen atoms in total. The van der Waals surface area contributed by atoms with Crippen molar-refractivity contribution in [1.29, 1.82) is 5.26 Å². The number of nitrogens with zero attached hydrogens (tertiary/aromatic N) is 3. The number of rotatable bonds is 2. The van der Waals surface area contributed by atoms with Crippen LogP contribution in [0.2, 0.25) is 15.1 Å². The molecule has 1 N–H and O–H groups in total. The molecule has 0 saturated carbocycles. The number of nitrogens with one attached hydrogen (secondary N) is 1. The maximum atomic E-state index is 13.0. The number of hydrogen-bond acceptors (Lipinski definition) is 3. The van der Waals surface area contributed by atoms with Crippen LogP contribution in [0.1, 0.15) is 5.56 Å². The molecule has 0 fully saturated rings. The first kappa shape index (κ1) is 17.6. The van der Waals surface area contributed by atoms with Crippen LogP contribution in [0.3, 0.4) is 0 Å². The Morgan fingerprint density at radius 2 is 1.78 bits per heavy atom. The maximum Gasteiger partial charge on any atom is 0.282 e. The molecule has 2 aromatic carbocycles. The standard InChI is InChI=1S/C19H9Cl3N4O/c20-10-5-6-12(16(22)7-10)17-13(8-23)18-24-9-14(19(27)26(18)25-17)11-3-1-2-4-15(11)21/h1-7,9,24H. The Morgan fingerprint density at radius 1 is 1.00 bits per heavy atom. The molecule has 4 rings (SSSR count).